The van der Waals surface area contributed by atoms with E-state index in [1.54, 1.807) is 29.2 Å². The lowest BCUT2D eigenvalue weighted by atomic mass is 9.99. The molecule has 1 aromatic heterocycles. The summed E-state index contributed by atoms with van der Waals surface area (Å²) in [6.07, 6.45) is 0.599. The van der Waals surface area contributed by atoms with Gasteiger partial charge < -0.3 is 14.6 Å². The molecule has 5 aromatic rings. The highest BCUT2D eigenvalue weighted by Crippen LogP contribution is 2.37. The Morgan fingerprint density at radius 2 is 1.50 bits per heavy atom. The largest absolute Gasteiger partial charge is 0.441 e. The van der Waals surface area contributed by atoms with Crippen molar-refractivity contribution in [3.05, 3.63) is 126 Å². The minimum absolute atomic E-state index is 0.119. The maximum absolute atomic E-state index is 13.6. The summed E-state index contributed by atoms with van der Waals surface area (Å²) < 4.78 is 5.88. The van der Waals surface area contributed by atoms with Crippen LogP contribution in [-0.4, -0.2) is 23.3 Å². The molecule has 186 valence electrons. The van der Waals surface area contributed by atoms with E-state index in [1.165, 1.54) is 0 Å². The number of amides is 2. The lowest BCUT2D eigenvalue weighted by Crippen LogP contribution is -2.32. The number of carbonyl (C=O) groups excluding carboxylic acids is 2. The van der Waals surface area contributed by atoms with Gasteiger partial charge in [-0.2, -0.15) is 0 Å². The minimum atomic E-state index is -0.207. The Balaban J connectivity index is 1.23. The summed E-state index contributed by atoms with van der Waals surface area (Å²) in [6, 6.07) is 32.1. The average molecular weight is 500 g/mol. The van der Waals surface area contributed by atoms with Crippen molar-refractivity contribution in [3.63, 3.8) is 0 Å². The molecule has 0 aliphatic carbocycles. The van der Waals surface area contributed by atoms with E-state index in [0.717, 1.165) is 33.8 Å². The van der Waals surface area contributed by atoms with E-state index in [-0.39, 0.29) is 11.8 Å². The Kier molecular flexibility index (Phi) is 6.06. The molecular formula is C32H25N3O3. The van der Waals surface area contributed by atoms with Crippen LogP contribution in [0.15, 0.2) is 108 Å². The fraction of sp³-hybridized carbons (Fsp3) is 0.0938. The quantitative estimate of drug-likeness (QED) is 0.296. The first-order valence-corrected chi connectivity index (χ1v) is 12.5. The smallest absolute Gasteiger partial charge is 0.258 e. The molecule has 38 heavy (non-hydrogen) atoms. The zero-order valence-electron chi connectivity index (χ0n) is 20.8. The summed E-state index contributed by atoms with van der Waals surface area (Å²) in [4.78, 5) is 33.0. The normalized spacial score (nSPS) is 12.3. The van der Waals surface area contributed by atoms with Gasteiger partial charge >= 0.3 is 0 Å². The molecule has 0 radical (unpaired) electrons. The molecule has 0 bridgehead atoms. The number of hydrogen-bond donors (Lipinski definition) is 1. The number of aromatic nitrogens is 1. The van der Waals surface area contributed by atoms with E-state index < -0.39 is 0 Å². The van der Waals surface area contributed by atoms with Gasteiger partial charge in [0, 0.05) is 42.3 Å². The zero-order chi connectivity index (χ0) is 26.1. The minimum Gasteiger partial charge on any atom is -0.441 e. The van der Waals surface area contributed by atoms with Crippen LogP contribution in [0.2, 0.25) is 0 Å². The fourth-order valence-corrected chi connectivity index (χ4v) is 4.90. The van der Waals surface area contributed by atoms with Gasteiger partial charge in [0.2, 0.25) is 0 Å². The zero-order valence-corrected chi connectivity index (χ0v) is 20.8. The molecule has 6 nitrogen and oxygen atoms in total. The molecule has 0 unspecified atom stereocenters. The number of rotatable bonds is 4. The summed E-state index contributed by atoms with van der Waals surface area (Å²) >= 11 is 0. The highest BCUT2D eigenvalue weighted by molar-refractivity contribution is 6.10. The van der Waals surface area contributed by atoms with Gasteiger partial charge in [-0.3, -0.25) is 9.59 Å². The topological polar surface area (TPSA) is 75.4 Å². The molecule has 2 amide bonds. The van der Waals surface area contributed by atoms with Gasteiger partial charge in [0.1, 0.15) is 0 Å². The van der Waals surface area contributed by atoms with E-state index in [1.807, 2.05) is 85.8 Å². The summed E-state index contributed by atoms with van der Waals surface area (Å²) in [7, 11) is 0. The second-order valence-corrected chi connectivity index (χ2v) is 9.18. The van der Waals surface area contributed by atoms with Gasteiger partial charge in [-0.25, -0.2) is 4.98 Å². The molecule has 0 saturated carbocycles. The van der Waals surface area contributed by atoms with Crippen LogP contribution < -0.4 is 10.2 Å². The number of nitrogens with one attached hydrogen (secondary N) is 1. The fourth-order valence-electron chi connectivity index (χ4n) is 4.90. The van der Waals surface area contributed by atoms with Crippen LogP contribution in [0.4, 0.5) is 11.4 Å². The molecule has 1 N–H and O–H groups in total. The number of hydrogen-bond acceptors (Lipinski definition) is 4. The molecule has 0 spiro atoms. The van der Waals surface area contributed by atoms with Crippen molar-refractivity contribution < 1.29 is 14.0 Å². The number of oxazole rings is 1. The Morgan fingerprint density at radius 3 is 2.29 bits per heavy atom. The second kappa shape index (κ2) is 9.82. The lowest BCUT2D eigenvalue weighted by Gasteiger charge is -2.23. The van der Waals surface area contributed by atoms with E-state index in [0.29, 0.717) is 35.7 Å². The predicted molar refractivity (Wildman–Crippen MR) is 148 cm³/mol. The van der Waals surface area contributed by atoms with E-state index >= 15 is 0 Å². The third kappa shape index (κ3) is 4.37. The van der Waals surface area contributed by atoms with Crippen LogP contribution in [-0.2, 0) is 6.42 Å². The first kappa shape index (κ1) is 23.4. The van der Waals surface area contributed by atoms with Crippen molar-refractivity contribution in [2.45, 2.75) is 13.3 Å². The van der Waals surface area contributed by atoms with Crippen molar-refractivity contribution in [2.24, 2.45) is 0 Å². The summed E-state index contributed by atoms with van der Waals surface area (Å²) in [6.45, 7) is 2.32. The number of benzene rings is 4. The number of carbonyl (C=O) groups is 2. The van der Waals surface area contributed by atoms with E-state index in [2.05, 4.69) is 10.3 Å². The lowest BCUT2D eigenvalue weighted by molar-refractivity contribution is 0.0986. The van der Waals surface area contributed by atoms with E-state index in [9.17, 15) is 9.59 Å². The van der Waals surface area contributed by atoms with Crippen LogP contribution >= 0.6 is 0 Å². The Hall–Kier alpha value is -4.97. The van der Waals surface area contributed by atoms with E-state index in [4.69, 9.17) is 4.42 Å². The van der Waals surface area contributed by atoms with Gasteiger partial charge in [0.05, 0.1) is 11.4 Å². The number of fused-ring (bicyclic) bond motifs is 3. The van der Waals surface area contributed by atoms with Crippen LogP contribution in [0.3, 0.4) is 0 Å². The van der Waals surface area contributed by atoms with Gasteiger partial charge in [-0.05, 0) is 53.6 Å². The van der Waals surface area contributed by atoms with Crippen LogP contribution in [0, 0.1) is 6.92 Å². The Bertz CT molecular complexity index is 1640. The van der Waals surface area contributed by atoms with Crippen LogP contribution in [0.1, 0.15) is 32.3 Å². The highest BCUT2D eigenvalue weighted by Gasteiger charge is 2.28. The van der Waals surface area contributed by atoms with Gasteiger partial charge in [-0.15, -0.1) is 0 Å². The number of anilines is 2. The summed E-state index contributed by atoms with van der Waals surface area (Å²) in [5.74, 6) is 1.02. The van der Waals surface area contributed by atoms with Crippen molar-refractivity contribution >= 4 is 23.2 Å². The maximum atomic E-state index is 13.6. The van der Waals surface area contributed by atoms with Gasteiger partial charge in [0.15, 0.2) is 11.7 Å². The maximum Gasteiger partial charge on any atom is 0.258 e. The SMILES string of the molecule is Cc1nc2c(o1)-c1ccccc1N(C(=O)c1ccc(NC(=O)c3ccccc3-c3ccccc3)cc1)CC2. The Morgan fingerprint density at radius 1 is 0.816 bits per heavy atom. The predicted octanol–water partition coefficient (Wildman–Crippen LogP) is 6.77. The molecule has 0 saturated heterocycles. The molecular weight excluding hydrogens is 474 g/mol. The third-order valence-electron chi connectivity index (χ3n) is 6.71. The molecule has 0 fully saturated rings. The molecule has 2 heterocycles. The molecule has 4 aromatic carbocycles. The Labute approximate surface area is 220 Å². The van der Waals surface area contributed by atoms with Crippen molar-refractivity contribution in [1.29, 1.82) is 0 Å². The van der Waals surface area contributed by atoms with Gasteiger partial charge in [-0.1, -0.05) is 60.7 Å². The van der Waals surface area contributed by atoms with Crippen molar-refractivity contribution in [2.75, 3.05) is 16.8 Å². The number of nitrogens with zero attached hydrogens (tertiary/aromatic N) is 2. The van der Waals surface area contributed by atoms with Crippen LogP contribution in [0.25, 0.3) is 22.5 Å². The number of aryl methyl sites for hydroxylation is 1. The van der Waals surface area contributed by atoms with Crippen LogP contribution in [0.5, 0.6) is 0 Å². The first-order chi connectivity index (χ1) is 18.6. The number of para-hydroxylation sites is 1. The van der Waals surface area contributed by atoms with Crippen molar-refractivity contribution in [1.82, 2.24) is 4.98 Å². The summed E-state index contributed by atoms with van der Waals surface area (Å²) in [5, 5.41) is 2.97. The molecule has 6 rings (SSSR count). The molecule has 6 heteroatoms. The van der Waals surface area contributed by atoms with Crippen molar-refractivity contribution in [3.8, 4) is 22.5 Å². The standard InChI is InChI=1S/C32H25N3O3/c1-21-33-28-19-20-35(29-14-8-7-13-27(29)30(28)38-21)32(37)23-15-17-24(18-16-23)34-31(36)26-12-6-5-11-25(26)22-9-3-2-4-10-22/h2-18H,19-20H2,1H3,(H,34,36). The summed E-state index contributed by atoms with van der Waals surface area (Å²) in [5.41, 5.74) is 6.08. The molecule has 0 atom stereocenters. The van der Waals surface area contributed by atoms with Gasteiger partial charge in [0.25, 0.3) is 11.8 Å². The third-order valence-corrected chi connectivity index (χ3v) is 6.71. The highest BCUT2D eigenvalue weighted by atomic mass is 16.4. The monoisotopic (exact) mass is 499 g/mol. The second-order valence-electron chi connectivity index (χ2n) is 9.18. The first-order valence-electron chi connectivity index (χ1n) is 12.5. The molecule has 1 aliphatic heterocycles. The molecule has 1 aliphatic rings. The average Bonchev–Trinajstić information content (AvgIpc) is 3.27.